The molecule has 0 atom stereocenters. The van der Waals surface area contributed by atoms with Gasteiger partial charge in [0.15, 0.2) is 0 Å². The monoisotopic (exact) mass is 370 g/mol. The van der Waals surface area contributed by atoms with E-state index >= 15 is 0 Å². The maximum atomic E-state index is 12.7. The van der Waals surface area contributed by atoms with Gasteiger partial charge in [0.05, 0.1) is 23.3 Å². The Morgan fingerprint density at radius 2 is 1.96 bits per heavy atom. The van der Waals surface area contributed by atoms with E-state index in [0.717, 1.165) is 0 Å². The number of nitrogens with two attached hydrogens (primary N) is 1. The highest BCUT2D eigenvalue weighted by Crippen LogP contribution is 2.26. The molecule has 9 heteroatoms. The highest BCUT2D eigenvalue weighted by atomic mass is 35.5. The fourth-order valence-electron chi connectivity index (χ4n) is 2.58. The molecule has 0 radical (unpaired) electrons. The zero-order valence-corrected chi connectivity index (χ0v) is 13.9. The Bertz CT molecular complexity index is 985. The lowest BCUT2D eigenvalue weighted by molar-refractivity contribution is -0.127. The average Bonchev–Trinajstić information content (AvgIpc) is 2.47. The van der Waals surface area contributed by atoms with Gasteiger partial charge in [-0.25, -0.2) is 4.79 Å². The first-order valence-corrected chi connectivity index (χ1v) is 7.06. The summed E-state index contributed by atoms with van der Waals surface area (Å²) in [7, 11) is 0. The van der Waals surface area contributed by atoms with Gasteiger partial charge < -0.3 is 5.73 Å². The van der Waals surface area contributed by atoms with Crippen molar-refractivity contribution in [2.45, 2.75) is 19.5 Å². The van der Waals surface area contributed by atoms with E-state index in [9.17, 15) is 18.0 Å². The van der Waals surface area contributed by atoms with Crippen LogP contribution in [0.1, 0.15) is 11.3 Å². The van der Waals surface area contributed by atoms with Gasteiger partial charge in [0.1, 0.15) is 5.82 Å². The molecule has 5 nitrogen and oxygen atoms in total. The molecule has 0 saturated heterocycles. The van der Waals surface area contributed by atoms with Crippen molar-refractivity contribution < 1.29 is 13.2 Å². The molecule has 0 fully saturated rings. The molecule has 25 heavy (non-hydrogen) atoms. The van der Waals surface area contributed by atoms with Crippen LogP contribution in [-0.4, -0.2) is 20.7 Å². The molecule has 0 spiro atoms. The van der Waals surface area contributed by atoms with Crippen LogP contribution in [0.5, 0.6) is 0 Å². The Kier molecular flexibility index (Phi) is 5.03. The molecule has 132 valence electrons. The Morgan fingerprint density at radius 3 is 2.60 bits per heavy atom. The molecule has 1 aromatic carbocycles. The molecule has 0 bridgehead atoms. The molecule has 3 rings (SSSR count). The first kappa shape index (κ1) is 18.7. The minimum atomic E-state index is -4.35. The maximum Gasteiger partial charge on any atom is 0.393 e. The first-order chi connectivity index (χ1) is 11.3. The van der Waals surface area contributed by atoms with Gasteiger partial charge >= 0.3 is 11.9 Å². The van der Waals surface area contributed by atoms with Crippen LogP contribution in [0.25, 0.3) is 16.6 Å². The second-order valence-electron chi connectivity index (χ2n) is 5.37. The summed E-state index contributed by atoms with van der Waals surface area (Å²) < 4.78 is 39.2. The number of benzene rings is 1. The summed E-state index contributed by atoms with van der Waals surface area (Å²) in [5.41, 5.74) is 6.39. The fraction of sp³-hybridized carbons (Fsp3) is 0.188. The minimum Gasteiger partial charge on any atom is -0.383 e. The van der Waals surface area contributed by atoms with Crippen LogP contribution >= 0.6 is 12.4 Å². The third kappa shape index (κ3) is 3.74. The van der Waals surface area contributed by atoms with Crippen molar-refractivity contribution in [2.24, 2.45) is 0 Å². The van der Waals surface area contributed by atoms with E-state index in [2.05, 4.69) is 9.97 Å². The molecule has 0 unspecified atom stereocenters. The van der Waals surface area contributed by atoms with Gasteiger partial charge in [0.25, 0.3) is 0 Å². The highest BCUT2D eigenvalue weighted by Gasteiger charge is 2.28. The molecule has 0 aliphatic rings. The topological polar surface area (TPSA) is 73.8 Å². The lowest BCUT2D eigenvalue weighted by atomic mass is 10.1. The zero-order valence-electron chi connectivity index (χ0n) is 13.0. The van der Waals surface area contributed by atoms with Crippen LogP contribution in [0.15, 0.2) is 41.3 Å². The average molecular weight is 371 g/mol. The summed E-state index contributed by atoms with van der Waals surface area (Å²) >= 11 is 0. The highest BCUT2D eigenvalue weighted by molar-refractivity contribution is 5.89. The van der Waals surface area contributed by atoms with Gasteiger partial charge in [0.2, 0.25) is 0 Å². The summed E-state index contributed by atoms with van der Waals surface area (Å²) in [6.45, 7) is 1.70. The number of hydrogen-bond acceptors (Lipinski definition) is 4. The second-order valence-corrected chi connectivity index (χ2v) is 5.37. The van der Waals surface area contributed by atoms with Gasteiger partial charge in [-0.2, -0.15) is 18.2 Å². The Morgan fingerprint density at radius 1 is 1.24 bits per heavy atom. The number of nitrogen functional groups attached to an aromatic ring is 1. The normalized spacial score (nSPS) is 11.4. The van der Waals surface area contributed by atoms with Crippen molar-refractivity contribution in [3.63, 3.8) is 0 Å². The molecule has 0 aliphatic carbocycles. The molecular formula is C16H14ClF3N4O. The third-order valence-corrected chi connectivity index (χ3v) is 3.61. The molecule has 0 amide bonds. The van der Waals surface area contributed by atoms with Crippen molar-refractivity contribution >= 4 is 29.1 Å². The molecule has 0 saturated carbocycles. The van der Waals surface area contributed by atoms with Crippen molar-refractivity contribution in [1.29, 1.82) is 0 Å². The zero-order chi connectivity index (χ0) is 17.5. The lowest BCUT2D eigenvalue weighted by Gasteiger charge is -2.14. The molecule has 2 N–H and O–H groups in total. The maximum absolute atomic E-state index is 12.7. The molecule has 3 aromatic rings. The van der Waals surface area contributed by atoms with Crippen LogP contribution in [0, 0.1) is 6.92 Å². The quantitative estimate of drug-likeness (QED) is 0.751. The number of hydrogen-bond donors (Lipinski definition) is 1. The number of fused-ring (bicyclic) bond motifs is 1. The number of halogens is 4. The number of pyridine rings is 1. The SMILES string of the molecule is Cc1ncccc1-n1c(=O)nc(N)c2ccc(CC(F)(F)F)cc21.Cl. The van der Waals surface area contributed by atoms with Gasteiger partial charge in [-0.3, -0.25) is 9.55 Å². The molecule has 2 heterocycles. The van der Waals surface area contributed by atoms with Crippen molar-refractivity contribution in [2.75, 3.05) is 5.73 Å². The number of aromatic nitrogens is 3. The van der Waals surface area contributed by atoms with E-state index in [-0.39, 0.29) is 29.3 Å². The number of alkyl halides is 3. The van der Waals surface area contributed by atoms with E-state index in [1.807, 2.05) is 0 Å². The summed E-state index contributed by atoms with van der Waals surface area (Å²) in [4.78, 5) is 20.2. The van der Waals surface area contributed by atoms with Gasteiger partial charge in [-0.1, -0.05) is 6.07 Å². The number of rotatable bonds is 2. The van der Waals surface area contributed by atoms with E-state index in [1.165, 1.54) is 22.8 Å². The van der Waals surface area contributed by atoms with Crippen LogP contribution in [0.3, 0.4) is 0 Å². The predicted octanol–water partition coefficient (Wildman–Crippen LogP) is 3.20. The Balaban J connectivity index is 0.00000225. The van der Waals surface area contributed by atoms with Crippen molar-refractivity contribution in [3.8, 4) is 5.69 Å². The van der Waals surface area contributed by atoms with Crippen LogP contribution in [0.4, 0.5) is 19.0 Å². The molecule has 0 aliphatic heterocycles. The van der Waals surface area contributed by atoms with Gasteiger partial charge in [-0.15, -0.1) is 12.4 Å². The summed E-state index contributed by atoms with van der Waals surface area (Å²) in [6.07, 6.45) is -3.88. The largest absolute Gasteiger partial charge is 0.393 e. The minimum absolute atomic E-state index is 0. The summed E-state index contributed by atoms with van der Waals surface area (Å²) in [6, 6.07) is 7.38. The number of aryl methyl sites for hydroxylation is 1. The van der Waals surface area contributed by atoms with Crippen LogP contribution < -0.4 is 11.4 Å². The Labute approximate surface area is 146 Å². The van der Waals surface area contributed by atoms with E-state index in [4.69, 9.17) is 5.73 Å². The summed E-state index contributed by atoms with van der Waals surface area (Å²) in [5, 5.41) is 0.406. The Hall–Kier alpha value is -2.61. The van der Waals surface area contributed by atoms with E-state index in [0.29, 0.717) is 16.8 Å². The molecular weight excluding hydrogens is 357 g/mol. The predicted molar refractivity (Wildman–Crippen MR) is 91.3 cm³/mol. The van der Waals surface area contributed by atoms with Crippen molar-refractivity contribution in [1.82, 2.24) is 14.5 Å². The number of anilines is 1. The standard InChI is InChI=1S/C16H13F3N4O.ClH/c1-9-12(3-2-6-21-9)23-13-7-10(8-16(17,18)19)4-5-11(13)14(20)22-15(23)24;/h2-7H,8H2,1H3,(H2,20,22,24);1H. The molecule has 2 aromatic heterocycles. The third-order valence-electron chi connectivity index (χ3n) is 3.61. The van der Waals surface area contributed by atoms with Crippen molar-refractivity contribution in [3.05, 3.63) is 58.3 Å². The van der Waals surface area contributed by atoms with Crippen LogP contribution in [0.2, 0.25) is 0 Å². The van der Waals surface area contributed by atoms with E-state index < -0.39 is 18.3 Å². The lowest BCUT2D eigenvalue weighted by Crippen LogP contribution is -2.24. The first-order valence-electron chi connectivity index (χ1n) is 7.06. The fourth-order valence-corrected chi connectivity index (χ4v) is 2.58. The smallest absolute Gasteiger partial charge is 0.383 e. The summed E-state index contributed by atoms with van der Waals surface area (Å²) in [5.74, 6) is -0.0219. The second kappa shape index (κ2) is 6.72. The van der Waals surface area contributed by atoms with Crippen LogP contribution in [-0.2, 0) is 6.42 Å². The van der Waals surface area contributed by atoms with Gasteiger partial charge in [0, 0.05) is 11.6 Å². The van der Waals surface area contributed by atoms with E-state index in [1.54, 1.807) is 25.3 Å². The number of nitrogens with zero attached hydrogens (tertiary/aromatic N) is 3. The van der Waals surface area contributed by atoms with Gasteiger partial charge in [-0.05, 0) is 36.8 Å².